The zero-order valence-electron chi connectivity index (χ0n) is 10.5. The molecule has 0 bridgehead atoms. The first-order valence-electron chi connectivity index (χ1n) is 6.21. The lowest BCUT2D eigenvalue weighted by Crippen LogP contribution is -2.33. The summed E-state index contributed by atoms with van der Waals surface area (Å²) in [6, 6.07) is 9.35. The van der Waals surface area contributed by atoms with Gasteiger partial charge in [0.15, 0.2) is 0 Å². The summed E-state index contributed by atoms with van der Waals surface area (Å²) in [5, 5.41) is 3.30. The minimum absolute atomic E-state index is 0.647. The number of benzene rings is 1. The van der Waals surface area contributed by atoms with Crippen molar-refractivity contribution in [2.24, 2.45) is 5.92 Å². The Morgan fingerprint density at radius 1 is 1.38 bits per heavy atom. The van der Waals surface area contributed by atoms with E-state index in [1.807, 2.05) is 7.05 Å². The lowest BCUT2D eigenvalue weighted by Gasteiger charge is -2.28. The van der Waals surface area contributed by atoms with Gasteiger partial charge in [-0.1, -0.05) is 18.2 Å². The van der Waals surface area contributed by atoms with Crippen molar-refractivity contribution in [2.45, 2.75) is 26.3 Å². The molecule has 1 aromatic rings. The fourth-order valence-corrected chi connectivity index (χ4v) is 2.76. The molecule has 0 aliphatic carbocycles. The molecule has 2 heteroatoms. The van der Waals surface area contributed by atoms with Crippen molar-refractivity contribution in [3.8, 4) is 0 Å². The minimum atomic E-state index is 0.647. The van der Waals surface area contributed by atoms with Crippen LogP contribution in [0.5, 0.6) is 0 Å². The predicted octanol–water partition coefficient (Wildman–Crippen LogP) is 2.43. The quantitative estimate of drug-likeness (QED) is 0.838. The summed E-state index contributed by atoms with van der Waals surface area (Å²) < 4.78 is 0. The fourth-order valence-electron chi connectivity index (χ4n) is 2.76. The van der Waals surface area contributed by atoms with Crippen LogP contribution < -0.4 is 10.2 Å². The van der Waals surface area contributed by atoms with Gasteiger partial charge in [-0.2, -0.15) is 0 Å². The van der Waals surface area contributed by atoms with Crippen LogP contribution in [0.4, 0.5) is 5.69 Å². The van der Waals surface area contributed by atoms with E-state index in [2.05, 4.69) is 48.3 Å². The van der Waals surface area contributed by atoms with E-state index in [0.717, 1.165) is 12.5 Å². The Morgan fingerprint density at radius 2 is 2.12 bits per heavy atom. The van der Waals surface area contributed by atoms with Crippen LogP contribution in [-0.4, -0.2) is 26.2 Å². The first-order valence-corrected chi connectivity index (χ1v) is 6.21. The summed E-state index contributed by atoms with van der Waals surface area (Å²) in [6.07, 6.45) is 1.30. The molecule has 0 radical (unpaired) electrons. The molecule has 1 fully saturated rings. The number of para-hydroxylation sites is 1. The zero-order chi connectivity index (χ0) is 11.5. The number of rotatable bonds is 3. The molecule has 2 unspecified atom stereocenters. The molecule has 1 N–H and O–H groups in total. The minimum Gasteiger partial charge on any atom is -0.368 e. The van der Waals surface area contributed by atoms with Crippen molar-refractivity contribution < 1.29 is 0 Å². The van der Waals surface area contributed by atoms with Gasteiger partial charge in [0.25, 0.3) is 0 Å². The van der Waals surface area contributed by atoms with Crippen molar-refractivity contribution in [1.29, 1.82) is 0 Å². The predicted molar refractivity (Wildman–Crippen MR) is 70.0 cm³/mol. The van der Waals surface area contributed by atoms with E-state index in [0.29, 0.717) is 6.04 Å². The molecule has 1 heterocycles. The van der Waals surface area contributed by atoms with E-state index in [1.54, 1.807) is 0 Å². The first kappa shape index (κ1) is 11.5. The third kappa shape index (κ3) is 2.07. The van der Waals surface area contributed by atoms with Gasteiger partial charge in [0.1, 0.15) is 0 Å². The Morgan fingerprint density at radius 3 is 2.81 bits per heavy atom. The van der Waals surface area contributed by atoms with E-state index in [4.69, 9.17) is 0 Å². The summed E-state index contributed by atoms with van der Waals surface area (Å²) >= 11 is 0. The second kappa shape index (κ2) is 4.88. The van der Waals surface area contributed by atoms with Gasteiger partial charge >= 0.3 is 0 Å². The number of hydrogen-bond donors (Lipinski definition) is 1. The zero-order valence-corrected chi connectivity index (χ0v) is 10.5. The van der Waals surface area contributed by atoms with E-state index in [-0.39, 0.29) is 0 Å². The van der Waals surface area contributed by atoms with Crippen LogP contribution in [0.25, 0.3) is 0 Å². The molecule has 2 rings (SSSR count). The van der Waals surface area contributed by atoms with E-state index >= 15 is 0 Å². The highest BCUT2D eigenvalue weighted by Gasteiger charge is 2.30. The molecular formula is C14H22N2. The lowest BCUT2D eigenvalue weighted by molar-refractivity contribution is 0.473. The van der Waals surface area contributed by atoms with Crippen molar-refractivity contribution in [1.82, 2.24) is 5.32 Å². The SMILES string of the molecule is CNCC1CCN(c2ccccc2C)C1C. The summed E-state index contributed by atoms with van der Waals surface area (Å²) in [5.74, 6) is 0.782. The molecule has 0 aromatic heterocycles. The van der Waals surface area contributed by atoms with Crippen LogP contribution in [0.1, 0.15) is 18.9 Å². The van der Waals surface area contributed by atoms with Crippen LogP contribution in [0.15, 0.2) is 24.3 Å². The van der Waals surface area contributed by atoms with E-state index in [9.17, 15) is 0 Å². The number of hydrogen-bond acceptors (Lipinski definition) is 2. The Bertz CT molecular complexity index is 348. The Kier molecular flexibility index (Phi) is 3.49. The third-order valence-electron chi connectivity index (χ3n) is 3.81. The van der Waals surface area contributed by atoms with Gasteiger partial charge in [-0.15, -0.1) is 0 Å². The van der Waals surface area contributed by atoms with E-state index in [1.165, 1.54) is 24.2 Å². The van der Waals surface area contributed by atoms with Crippen molar-refractivity contribution >= 4 is 5.69 Å². The average Bonchev–Trinajstić information content (AvgIpc) is 2.62. The van der Waals surface area contributed by atoms with Crippen molar-refractivity contribution in [3.63, 3.8) is 0 Å². The largest absolute Gasteiger partial charge is 0.368 e. The maximum absolute atomic E-state index is 3.30. The summed E-state index contributed by atoms with van der Waals surface area (Å²) in [5.41, 5.74) is 2.80. The van der Waals surface area contributed by atoms with Crippen LogP contribution in [0.3, 0.4) is 0 Å². The standard InChI is InChI=1S/C14H22N2/c1-11-6-4-5-7-14(11)16-9-8-13(10-15-3)12(16)2/h4-7,12-13,15H,8-10H2,1-3H3. The smallest absolute Gasteiger partial charge is 0.0398 e. The van der Waals surface area contributed by atoms with Crippen molar-refractivity contribution in [3.05, 3.63) is 29.8 Å². The molecule has 16 heavy (non-hydrogen) atoms. The number of aryl methyl sites for hydroxylation is 1. The molecular weight excluding hydrogens is 196 g/mol. The first-order chi connectivity index (χ1) is 7.74. The third-order valence-corrected chi connectivity index (χ3v) is 3.81. The molecule has 2 atom stereocenters. The molecule has 0 saturated carbocycles. The van der Waals surface area contributed by atoms with Gasteiger partial charge in [0.05, 0.1) is 0 Å². The Hall–Kier alpha value is -1.02. The van der Waals surface area contributed by atoms with Crippen LogP contribution >= 0.6 is 0 Å². The van der Waals surface area contributed by atoms with E-state index < -0.39 is 0 Å². The summed E-state index contributed by atoms with van der Waals surface area (Å²) in [6.45, 7) is 6.87. The monoisotopic (exact) mass is 218 g/mol. The van der Waals surface area contributed by atoms with Crippen LogP contribution in [0.2, 0.25) is 0 Å². The maximum atomic E-state index is 3.30. The Labute approximate surface area is 98.7 Å². The fraction of sp³-hybridized carbons (Fsp3) is 0.571. The topological polar surface area (TPSA) is 15.3 Å². The summed E-state index contributed by atoms with van der Waals surface area (Å²) in [4.78, 5) is 2.55. The second-order valence-corrected chi connectivity index (χ2v) is 4.83. The highest BCUT2D eigenvalue weighted by Crippen LogP contribution is 2.31. The van der Waals surface area contributed by atoms with Gasteiger partial charge < -0.3 is 10.2 Å². The molecule has 2 nitrogen and oxygen atoms in total. The molecule has 1 saturated heterocycles. The molecule has 1 aliphatic heterocycles. The van der Waals surface area contributed by atoms with Gasteiger partial charge in [0, 0.05) is 18.3 Å². The maximum Gasteiger partial charge on any atom is 0.0398 e. The second-order valence-electron chi connectivity index (χ2n) is 4.83. The average molecular weight is 218 g/mol. The molecule has 88 valence electrons. The molecule has 0 amide bonds. The number of nitrogens with one attached hydrogen (secondary N) is 1. The van der Waals surface area contributed by atoms with Gasteiger partial charge in [-0.05, 0) is 51.4 Å². The van der Waals surface area contributed by atoms with Crippen LogP contribution in [0, 0.1) is 12.8 Å². The molecule has 1 aromatic carbocycles. The number of anilines is 1. The van der Waals surface area contributed by atoms with Crippen LogP contribution in [-0.2, 0) is 0 Å². The van der Waals surface area contributed by atoms with Gasteiger partial charge in [-0.25, -0.2) is 0 Å². The highest BCUT2D eigenvalue weighted by atomic mass is 15.2. The lowest BCUT2D eigenvalue weighted by atomic mass is 10.0. The molecule has 0 spiro atoms. The normalized spacial score (nSPS) is 25.1. The molecule has 1 aliphatic rings. The Balaban J connectivity index is 2.15. The van der Waals surface area contributed by atoms with Crippen molar-refractivity contribution in [2.75, 3.05) is 25.0 Å². The van der Waals surface area contributed by atoms with Gasteiger partial charge in [0.2, 0.25) is 0 Å². The van der Waals surface area contributed by atoms with Gasteiger partial charge in [-0.3, -0.25) is 0 Å². The highest BCUT2D eigenvalue weighted by molar-refractivity contribution is 5.54. The summed E-state index contributed by atoms with van der Waals surface area (Å²) in [7, 11) is 2.04. The number of nitrogens with zero attached hydrogens (tertiary/aromatic N) is 1.